The number of rotatable bonds is 5. The number of methoxy groups -OCH3 is 1. The van der Waals surface area contributed by atoms with Crippen molar-refractivity contribution in [3.05, 3.63) is 22.6 Å². The van der Waals surface area contributed by atoms with E-state index in [4.69, 9.17) is 9.15 Å². The largest absolute Gasteiger partial charge is 0.467 e. The molecule has 0 amide bonds. The molecule has 16 heavy (non-hydrogen) atoms. The second kappa shape index (κ2) is 5.50. The third-order valence-corrected chi connectivity index (χ3v) is 2.81. The molecule has 0 saturated heterocycles. The fraction of sp³-hybridized carbons (Fsp3) is 0.545. The molecule has 1 atom stereocenters. The van der Waals surface area contributed by atoms with Crippen LogP contribution in [0.15, 0.2) is 21.2 Å². The SMILES string of the molecule is CCCNC(C)(C(=O)OC)c1ccc(Br)o1. The Bertz CT molecular complexity index is 364. The number of carbonyl (C=O) groups excluding carboxylic acids is 1. The van der Waals surface area contributed by atoms with Crippen molar-refractivity contribution in [3.63, 3.8) is 0 Å². The van der Waals surface area contributed by atoms with E-state index in [1.807, 2.05) is 6.92 Å². The van der Waals surface area contributed by atoms with E-state index < -0.39 is 5.54 Å². The van der Waals surface area contributed by atoms with Gasteiger partial charge in [-0.15, -0.1) is 0 Å². The van der Waals surface area contributed by atoms with Crippen LogP contribution in [0, 0.1) is 0 Å². The molecule has 1 rings (SSSR count). The maximum absolute atomic E-state index is 11.8. The highest BCUT2D eigenvalue weighted by Crippen LogP contribution is 2.26. The van der Waals surface area contributed by atoms with Crippen LogP contribution in [-0.4, -0.2) is 19.6 Å². The van der Waals surface area contributed by atoms with Crippen LogP contribution < -0.4 is 5.32 Å². The number of hydrogen-bond donors (Lipinski definition) is 1. The lowest BCUT2D eigenvalue weighted by Crippen LogP contribution is -2.47. The van der Waals surface area contributed by atoms with Crippen LogP contribution in [0.4, 0.5) is 0 Å². The van der Waals surface area contributed by atoms with Crippen molar-refractivity contribution in [1.82, 2.24) is 5.32 Å². The molecule has 90 valence electrons. The average Bonchev–Trinajstić information content (AvgIpc) is 2.72. The smallest absolute Gasteiger partial charge is 0.333 e. The Morgan fingerprint density at radius 3 is 2.75 bits per heavy atom. The number of hydrogen-bond acceptors (Lipinski definition) is 4. The normalized spacial score (nSPS) is 14.5. The zero-order valence-corrected chi connectivity index (χ0v) is 11.3. The Morgan fingerprint density at radius 2 is 2.31 bits per heavy atom. The third kappa shape index (κ3) is 2.65. The van der Waals surface area contributed by atoms with E-state index >= 15 is 0 Å². The van der Waals surface area contributed by atoms with Crippen LogP contribution in [0.1, 0.15) is 26.0 Å². The minimum atomic E-state index is -0.934. The van der Waals surface area contributed by atoms with Crippen LogP contribution >= 0.6 is 15.9 Å². The van der Waals surface area contributed by atoms with Gasteiger partial charge >= 0.3 is 5.97 Å². The van der Waals surface area contributed by atoms with E-state index in [1.54, 1.807) is 19.1 Å². The van der Waals surface area contributed by atoms with Gasteiger partial charge in [0.2, 0.25) is 0 Å². The summed E-state index contributed by atoms with van der Waals surface area (Å²) in [7, 11) is 1.37. The van der Waals surface area contributed by atoms with Crippen LogP contribution in [0.3, 0.4) is 0 Å². The van der Waals surface area contributed by atoms with Gasteiger partial charge in [0.25, 0.3) is 0 Å². The molecular weight excluding hydrogens is 274 g/mol. The predicted molar refractivity (Wildman–Crippen MR) is 64.1 cm³/mol. The first-order valence-electron chi connectivity index (χ1n) is 5.14. The lowest BCUT2D eigenvalue weighted by molar-refractivity contribution is -0.149. The summed E-state index contributed by atoms with van der Waals surface area (Å²) in [6, 6.07) is 3.51. The van der Waals surface area contributed by atoms with Gasteiger partial charge in [-0.3, -0.25) is 5.32 Å². The quantitative estimate of drug-likeness (QED) is 0.846. The molecule has 0 radical (unpaired) electrons. The topological polar surface area (TPSA) is 51.5 Å². The summed E-state index contributed by atoms with van der Waals surface area (Å²) in [6.07, 6.45) is 0.925. The van der Waals surface area contributed by atoms with Gasteiger partial charge in [0.1, 0.15) is 5.76 Å². The van der Waals surface area contributed by atoms with Crippen molar-refractivity contribution in [2.75, 3.05) is 13.7 Å². The van der Waals surface area contributed by atoms with Gasteiger partial charge < -0.3 is 9.15 Å². The van der Waals surface area contributed by atoms with Crippen molar-refractivity contribution in [2.45, 2.75) is 25.8 Å². The lowest BCUT2D eigenvalue weighted by atomic mass is 9.99. The first-order chi connectivity index (χ1) is 7.54. The summed E-state index contributed by atoms with van der Waals surface area (Å²) in [5, 5.41) is 3.14. The van der Waals surface area contributed by atoms with Gasteiger partial charge in [-0.1, -0.05) is 6.92 Å². The number of esters is 1. The average molecular weight is 290 g/mol. The van der Waals surface area contributed by atoms with Gasteiger partial charge in [0.15, 0.2) is 10.2 Å². The van der Waals surface area contributed by atoms with Crippen LogP contribution in [0.2, 0.25) is 0 Å². The van der Waals surface area contributed by atoms with Crippen molar-refractivity contribution < 1.29 is 13.9 Å². The fourth-order valence-electron chi connectivity index (χ4n) is 1.42. The summed E-state index contributed by atoms with van der Waals surface area (Å²) in [5.41, 5.74) is -0.934. The molecular formula is C11H16BrNO3. The number of carbonyl (C=O) groups is 1. The van der Waals surface area contributed by atoms with E-state index in [0.717, 1.165) is 6.42 Å². The minimum Gasteiger partial charge on any atom is -0.467 e. The van der Waals surface area contributed by atoms with Gasteiger partial charge in [0.05, 0.1) is 7.11 Å². The molecule has 0 aliphatic rings. The van der Waals surface area contributed by atoms with E-state index in [9.17, 15) is 4.79 Å². The van der Waals surface area contributed by atoms with E-state index in [0.29, 0.717) is 17.0 Å². The van der Waals surface area contributed by atoms with E-state index in [-0.39, 0.29) is 5.97 Å². The first kappa shape index (κ1) is 13.3. The maximum Gasteiger partial charge on any atom is 0.333 e. The van der Waals surface area contributed by atoms with E-state index in [2.05, 4.69) is 21.2 Å². The summed E-state index contributed by atoms with van der Waals surface area (Å²) in [4.78, 5) is 11.8. The molecule has 1 aromatic heterocycles. The van der Waals surface area contributed by atoms with Crippen LogP contribution in [-0.2, 0) is 15.1 Å². The van der Waals surface area contributed by atoms with Crippen LogP contribution in [0.25, 0.3) is 0 Å². The standard InChI is InChI=1S/C11H16BrNO3/c1-4-7-13-11(2,10(14)15-3)8-5-6-9(12)16-8/h5-6,13H,4,7H2,1-3H3. The Hall–Kier alpha value is -0.810. The molecule has 1 unspecified atom stereocenters. The predicted octanol–water partition coefficient (Wildman–Crippen LogP) is 2.43. The van der Waals surface area contributed by atoms with Gasteiger partial charge in [0, 0.05) is 0 Å². The molecule has 0 saturated carbocycles. The number of nitrogens with one attached hydrogen (secondary N) is 1. The molecule has 0 fully saturated rings. The Balaban J connectivity index is 2.98. The summed E-state index contributed by atoms with van der Waals surface area (Å²) in [6.45, 7) is 4.49. The van der Waals surface area contributed by atoms with Crippen LogP contribution in [0.5, 0.6) is 0 Å². The zero-order valence-electron chi connectivity index (χ0n) is 9.67. The van der Waals surface area contributed by atoms with Crippen molar-refractivity contribution in [2.24, 2.45) is 0 Å². The Labute approximate surface area is 103 Å². The molecule has 0 aliphatic carbocycles. The lowest BCUT2D eigenvalue weighted by Gasteiger charge is -2.25. The van der Waals surface area contributed by atoms with Gasteiger partial charge in [-0.2, -0.15) is 0 Å². The van der Waals surface area contributed by atoms with Crippen molar-refractivity contribution in [1.29, 1.82) is 0 Å². The minimum absolute atomic E-state index is 0.359. The molecule has 0 bridgehead atoms. The summed E-state index contributed by atoms with van der Waals surface area (Å²) < 4.78 is 10.8. The Kier molecular flexibility index (Phi) is 4.56. The number of halogens is 1. The van der Waals surface area contributed by atoms with Crippen molar-refractivity contribution >= 4 is 21.9 Å². The second-order valence-electron chi connectivity index (χ2n) is 3.65. The maximum atomic E-state index is 11.8. The molecule has 1 N–H and O–H groups in total. The number of furan rings is 1. The highest BCUT2D eigenvalue weighted by molar-refractivity contribution is 9.10. The monoisotopic (exact) mass is 289 g/mol. The molecule has 0 aliphatic heterocycles. The summed E-state index contributed by atoms with van der Waals surface area (Å²) in [5.74, 6) is 0.183. The highest BCUT2D eigenvalue weighted by Gasteiger charge is 2.38. The Morgan fingerprint density at radius 1 is 1.62 bits per heavy atom. The molecule has 1 aromatic rings. The second-order valence-corrected chi connectivity index (χ2v) is 4.43. The van der Waals surface area contributed by atoms with E-state index in [1.165, 1.54) is 7.11 Å². The molecule has 5 heteroatoms. The first-order valence-corrected chi connectivity index (χ1v) is 5.93. The molecule has 4 nitrogen and oxygen atoms in total. The molecule has 1 heterocycles. The zero-order chi connectivity index (χ0) is 12.2. The molecule has 0 spiro atoms. The highest BCUT2D eigenvalue weighted by atomic mass is 79.9. The third-order valence-electron chi connectivity index (χ3n) is 2.39. The number of ether oxygens (including phenoxy) is 1. The van der Waals surface area contributed by atoms with Gasteiger partial charge in [-0.05, 0) is 48.0 Å². The summed E-state index contributed by atoms with van der Waals surface area (Å²) >= 11 is 3.22. The fourth-order valence-corrected chi connectivity index (χ4v) is 1.73. The van der Waals surface area contributed by atoms with Gasteiger partial charge in [-0.25, -0.2) is 4.79 Å². The molecule has 0 aromatic carbocycles. The van der Waals surface area contributed by atoms with Crippen molar-refractivity contribution in [3.8, 4) is 0 Å².